The number of hydrogen-bond acceptors (Lipinski definition) is 4. The van der Waals surface area contributed by atoms with Crippen LogP contribution in [0, 0.1) is 5.92 Å². The fraction of sp³-hybridized carbons (Fsp3) is 0.389. The summed E-state index contributed by atoms with van der Waals surface area (Å²) in [6.45, 7) is 2.11. The van der Waals surface area contributed by atoms with Crippen molar-refractivity contribution in [2.75, 3.05) is 13.1 Å². The number of piperidine rings is 1. The average molecular weight is 358 g/mol. The molecule has 1 aliphatic heterocycles. The molecular formula is C18H22N4O2S. The Morgan fingerprint density at radius 2 is 2.12 bits per heavy atom. The smallest absolute Gasteiger partial charge is 0.317 e. The predicted octanol–water partition coefficient (Wildman–Crippen LogP) is 2.38. The zero-order valence-corrected chi connectivity index (χ0v) is 14.8. The van der Waals surface area contributed by atoms with Gasteiger partial charge in [0, 0.05) is 24.2 Å². The van der Waals surface area contributed by atoms with Crippen molar-refractivity contribution in [1.29, 1.82) is 0 Å². The highest BCUT2D eigenvalue weighted by Crippen LogP contribution is 2.17. The molecule has 0 aliphatic carbocycles. The van der Waals surface area contributed by atoms with Gasteiger partial charge in [0.2, 0.25) is 5.91 Å². The fourth-order valence-corrected chi connectivity index (χ4v) is 3.53. The van der Waals surface area contributed by atoms with Gasteiger partial charge < -0.3 is 15.5 Å². The molecule has 132 valence electrons. The van der Waals surface area contributed by atoms with Gasteiger partial charge in [-0.1, -0.05) is 12.1 Å². The Bertz CT molecular complexity index is 690. The number of aromatic nitrogens is 1. The van der Waals surface area contributed by atoms with E-state index < -0.39 is 0 Å². The van der Waals surface area contributed by atoms with Crippen LogP contribution in [0.2, 0.25) is 0 Å². The van der Waals surface area contributed by atoms with Crippen molar-refractivity contribution in [3.63, 3.8) is 0 Å². The van der Waals surface area contributed by atoms with Crippen LogP contribution in [-0.2, 0) is 17.9 Å². The zero-order chi connectivity index (χ0) is 17.5. The Morgan fingerprint density at radius 3 is 2.88 bits per heavy atom. The van der Waals surface area contributed by atoms with Crippen LogP contribution >= 0.6 is 11.3 Å². The second kappa shape index (κ2) is 8.62. The number of hydrogen-bond donors (Lipinski definition) is 2. The highest BCUT2D eigenvalue weighted by molar-refractivity contribution is 7.09. The van der Waals surface area contributed by atoms with Crippen LogP contribution in [0.5, 0.6) is 0 Å². The monoisotopic (exact) mass is 358 g/mol. The number of nitrogens with zero attached hydrogens (tertiary/aromatic N) is 2. The molecule has 2 aromatic rings. The Hall–Kier alpha value is -2.41. The summed E-state index contributed by atoms with van der Waals surface area (Å²) >= 11 is 1.62. The summed E-state index contributed by atoms with van der Waals surface area (Å²) in [6, 6.07) is 9.49. The third-order valence-corrected chi connectivity index (χ3v) is 5.12. The van der Waals surface area contributed by atoms with Crippen LogP contribution < -0.4 is 10.6 Å². The van der Waals surface area contributed by atoms with Crippen LogP contribution in [0.15, 0.2) is 41.9 Å². The molecule has 0 unspecified atom stereocenters. The summed E-state index contributed by atoms with van der Waals surface area (Å²) in [5.74, 6) is -0.175. The number of urea groups is 1. The van der Waals surface area contributed by atoms with Crippen LogP contribution in [-0.4, -0.2) is 34.9 Å². The average Bonchev–Trinajstić information content (AvgIpc) is 3.18. The van der Waals surface area contributed by atoms with Crippen LogP contribution in [0.3, 0.4) is 0 Å². The Balaban J connectivity index is 1.46. The van der Waals surface area contributed by atoms with Gasteiger partial charge in [0.15, 0.2) is 0 Å². The molecule has 3 amide bonds. The number of pyridine rings is 1. The molecule has 1 saturated heterocycles. The molecule has 7 heteroatoms. The first-order valence-electron chi connectivity index (χ1n) is 8.45. The van der Waals surface area contributed by atoms with Crippen LogP contribution in [0.25, 0.3) is 0 Å². The lowest BCUT2D eigenvalue weighted by atomic mass is 9.97. The van der Waals surface area contributed by atoms with E-state index in [2.05, 4.69) is 15.6 Å². The van der Waals surface area contributed by atoms with Crippen molar-refractivity contribution in [3.05, 3.63) is 52.5 Å². The maximum atomic E-state index is 12.4. The van der Waals surface area contributed by atoms with Gasteiger partial charge in [-0.3, -0.25) is 9.78 Å². The largest absolute Gasteiger partial charge is 0.350 e. The summed E-state index contributed by atoms with van der Waals surface area (Å²) < 4.78 is 0. The second-order valence-electron chi connectivity index (χ2n) is 6.06. The molecule has 0 saturated carbocycles. The van der Waals surface area contributed by atoms with Gasteiger partial charge in [-0.2, -0.15) is 0 Å². The number of nitrogens with one attached hydrogen (secondary N) is 2. The molecular weight excluding hydrogens is 336 g/mol. The first kappa shape index (κ1) is 17.4. The van der Waals surface area contributed by atoms with Crippen molar-refractivity contribution in [1.82, 2.24) is 20.5 Å². The molecule has 0 aromatic carbocycles. The van der Waals surface area contributed by atoms with Crippen molar-refractivity contribution < 1.29 is 9.59 Å². The van der Waals surface area contributed by atoms with E-state index >= 15 is 0 Å². The highest BCUT2D eigenvalue weighted by atomic mass is 32.1. The van der Waals surface area contributed by atoms with E-state index in [4.69, 9.17) is 0 Å². The Morgan fingerprint density at radius 1 is 1.20 bits per heavy atom. The molecule has 1 aliphatic rings. The van der Waals surface area contributed by atoms with E-state index in [9.17, 15) is 9.59 Å². The van der Waals surface area contributed by atoms with Gasteiger partial charge in [0.05, 0.1) is 24.7 Å². The number of amides is 3. The normalized spacial score (nSPS) is 17.1. The lowest BCUT2D eigenvalue weighted by molar-refractivity contribution is -0.126. The summed E-state index contributed by atoms with van der Waals surface area (Å²) in [7, 11) is 0. The van der Waals surface area contributed by atoms with E-state index in [-0.39, 0.29) is 17.9 Å². The van der Waals surface area contributed by atoms with Gasteiger partial charge in [-0.25, -0.2) is 4.79 Å². The number of thiophene rings is 1. The molecule has 0 bridgehead atoms. The molecule has 1 atom stereocenters. The third-order valence-electron chi connectivity index (χ3n) is 4.24. The Labute approximate surface area is 151 Å². The highest BCUT2D eigenvalue weighted by Gasteiger charge is 2.28. The van der Waals surface area contributed by atoms with E-state index in [0.29, 0.717) is 26.2 Å². The van der Waals surface area contributed by atoms with E-state index in [1.54, 1.807) is 22.4 Å². The van der Waals surface area contributed by atoms with Gasteiger partial charge in [-0.05, 0) is 36.4 Å². The maximum Gasteiger partial charge on any atom is 0.317 e. The minimum atomic E-state index is -0.162. The van der Waals surface area contributed by atoms with Crippen LogP contribution in [0.1, 0.15) is 23.4 Å². The van der Waals surface area contributed by atoms with Crippen molar-refractivity contribution in [2.45, 2.75) is 25.9 Å². The number of likely N-dealkylation sites (tertiary alicyclic amines) is 1. The standard InChI is InChI=1S/C18H22N4O2S/c23-17(20-11-15-6-1-2-8-19-15)14-5-3-9-22(13-14)18(24)21-12-16-7-4-10-25-16/h1-2,4,6-8,10,14H,3,5,9,11-13H2,(H,20,23)(H,21,24)/t14-/m1/s1. The van der Waals surface area contributed by atoms with Gasteiger partial charge >= 0.3 is 6.03 Å². The third kappa shape index (κ3) is 5.03. The molecule has 25 heavy (non-hydrogen) atoms. The molecule has 3 rings (SSSR count). The number of carbonyl (C=O) groups is 2. The van der Waals surface area contributed by atoms with E-state index in [0.717, 1.165) is 23.4 Å². The molecule has 0 radical (unpaired) electrons. The van der Waals surface area contributed by atoms with Crippen molar-refractivity contribution in [2.24, 2.45) is 5.92 Å². The minimum absolute atomic E-state index is 0.0126. The SMILES string of the molecule is O=C(NCc1ccccn1)[C@@H]1CCCN(C(=O)NCc2cccs2)C1. The lowest BCUT2D eigenvalue weighted by Gasteiger charge is -2.32. The topological polar surface area (TPSA) is 74.3 Å². The quantitative estimate of drug-likeness (QED) is 0.862. The molecule has 2 N–H and O–H groups in total. The molecule has 6 nitrogen and oxygen atoms in total. The van der Waals surface area contributed by atoms with Gasteiger partial charge in [-0.15, -0.1) is 11.3 Å². The van der Waals surface area contributed by atoms with E-state index in [1.807, 2.05) is 35.7 Å². The zero-order valence-electron chi connectivity index (χ0n) is 14.0. The first-order valence-corrected chi connectivity index (χ1v) is 9.33. The fourth-order valence-electron chi connectivity index (χ4n) is 2.89. The summed E-state index contributed by atoms with van der Waals surface area (Å²) in [4.78, 5) is 31.8. The van der Waals surface area contributed by atoms with E-state index in [1.165, 1.54) is 0 Å². The van der Waals surface area contributed by atoms with Gasteiger partial charge in [0.1, 0.15) is 0 Å². The summed E-state index contributed by atoms with van der Waals surface area (Å²) in [6.07, 6.45) is 3.36. The second-order valence-corrected chi connectivity index (χ2v) is 7.09. The Kier molecular flexibility index (Phi) is 6.00. The summed E-state index contributed by atoms with van der Waals surface area (Å²) in [5.41, 5.74) is 0.831. The van der Waals surface area contributed by atoms with Crippen molar-refractivity contribution in [3.8, 4) is 0 Å². The number of carbonyl (C=O) groups excluding carboxylic acids is 2. The first-order chi connectivity index (χ1) is 12.2. The molecule has 2 aromatic heterocycles. The van der Waals surface area contributed by atoms with Gasteiger partial charge in [0.25, 0.3) is 0 Å². The molecule has 1 fully saturated rings. The van der Waals surface area contributed by atoms with Crippen LogP contribution in [0.4, 0.5) is 4.79 Å². The molecule has 0 spiro atoms. The van der Waals surface area contributed by atoms with Crippen molar-refractivity contribution >= 4 is 23.3 Å². The maximum absolute atomic E-state index is 12.4. The minimum Gasteiger partial charge on any atom is -0.350 e. The predicted molar refractivity (Wildman–Crippen MR) is 96.9 cm³/mol. The number of rotatable bonds is 5. The summed E-state index contributed by atoms with van der Waals surface area (Å²) in [5, 5.41) is 7.84. The lowest BCUT2D eigenvalue weighted by Crippen LogP contribution is -2.48. The molecule has 3 heterocycles.